The zero-order valence-corrected chi connectivity index (χ0v) is 13.0. The quantitative estimate of drug-likeness (QED) is 0.910. The Bertz CT molecular complexity index is 664. The van der Waals surface area contributed by atoms with Crippen LogP contribution in [0.15, 0.2) is 48.5 Å². The van der Waals surface area contributed by atoms with Crippen LogP contribution in [0, 0.1) is 0 Å². The molecule has 0 fully saturated rings. The van der Waals surface area contributed by atoms with E-state index in [4.69, 9.17) is 21.1 Å². The third-order valence-electron chi connectivity index (χ3n) is 3.73. The Morgan fingerprint density at radius 1 is 1.27 bits per heavy atom. The van der Waals surface area contributed by atoms with Crippen LogP contribution in [0.2, 0.25) is 5.02 Å². The van der Waals surface area contributed by atoms with Gasteiger partial charge < -0.3 is 19.9 Å². The summed E-state index contributed by atoms with van der Waals surface area (Å²) in [6.07, 6.45) is -0.565. The monoisotopic (exact) mass is 319 g/mol. The number of aliphatic hydroxyl groups is 1. The van der Waals surface area contributed by atoms with Gasteiger partial charge in [-0.1, -0.05) is 41.9 Å². The van der Waals surface area contributed by atoms with Crippen molar-refractivity contribution in [2.24, 2.45) is 0 Å². The molecule has 0 spiro atoms. The average Bonchev–Trinajstić information content (AvgIpc) is 2.52. The van der Waals surface area contributed by atoms with Gasteiger partial charge in [-0.2, -0.15) is 0 Å². The SMILES string of the molecule is CNC[C@]1(O)COc2ccccc2[C@@H]1Oc1ccccc1Cl. The number of benzene rings is 2. The van der Waals surface area contributed by atoms with Crippen molar-refractivity contribution >= 4 is 11.6 Å². The fourth-order valence-corrected chi connectivity index (χ4v) is 2.87. The second-order valence-corrected chi connectivity index (χ2v) is 5.80. The van der Waals surface area contributed by atoms with Gasteiger partial charge in [0.1, 0.15) is 18.1 Å². The highest BCUT2D eigenvalue weighted by Gasteiger charge is 2.45. The maximum Gasteiger partial charge on any atom is 0.161 e. The van der Waals surface area contributed by atoms with Gasteiger partial charge in [0.2, 0.25) is 0 Å². The van der Waals surface area contributed by atoms with Crippen LogP contribution in [0.4, 0.5) is 0 Å². The van der Waals surface area contributed by atoms with Gasteiger partial charge in [0.25, 0.3) is 0 Å². The van der Waals surface area contributed by atoms with Crippen molar-refractivity contribution in [2.45, 2.75) is 11.7 Å². The van der Waals surface area contributed by atoms with Gasteiger partial charge in [-0.15, -0.1) is 0 Å². The molecule has 0 unspecified atom stereocenters. The first-order valence-corrected chi connectivity index (χ1v) is 7.52. The summed E-state index contributed by atoms with van der Waals surface area (Å²) in [7, 11) is 1.78. The molecule has 0 amide bonds. The predicted octanol–water partition coefficient (Wildman–Crippen LogP) is 2.80. The molecule has 0 aromatic heterocycles. The number of hydrogen-bond acceptors (Lipinski definition) is 4. The smallest absolute Gasteiger partial charge is 0.161 e. The summed E-state index contributed by atoms with van der Waals surface area (Å²) >= 11 is 6.19. The van der Waals surface area contributed by atoms with Crippen molar-refractivity contribution in [2.75, 3.05) is 20.2 Å². The van der Waals surface area contributed by atoms with E-state index in [2.05, 4.69) is 5.32 Å². The maximum absolute atomic E-state index is 11.0. The molecule has 2 atom stereocenters. The van der Waals surface area contributed by atoms with Gasteiger partial charge >= 0.3 is 0 Å². The first-order chi connectivity index (χ1) is 10.6. The van der Waals surface area contributed by atoms with Crippen LogP contribution in [0.25, 0.3) is 0 Å². The molecule has 0 saturated carbocycles. The van der Waals surface area contributed by atoms with E-state index < -0.39 is 11.7 Å². The number of nitrogens with one attached hydrogen (secondary N) is 1. The normalized spacial score (nSPS) is 23.5. The van der Waals surface area contributed by atoms with Crippen molar-refractivity contribution in [3.63, 3.8) is 0 Å². The molecule has 3 rings (SSSR count). The van der Waals surface area contributed by atoms with Gasteiger partial charge in [0, 0.05) is 12.1 Å². The first-order valence-electron chi connectivity index (χ1n) is 7.14. The van der Waals surface area contributed by atoms with Gasteiger partial charge in [0.15, 0.2) is 11.7 Å². The van der Waals surface area contributed by atoms with E-state index in [0.29, 0.717) is 17.3 Å². The third-order valence-corrected chi connectivity index (χ3v) is 4.04. The van der Waals surface area contributed by atoms with Gasteiger partial charge in [-0.25, -0.2) is 0 Å². The number of fused-ring (bicyclic) bond motifs is 1. The molecule has 2 aromatic rings. The summed E-state index contributed by atoms with van der Waals surface area (Å²) in [6, 6.07) is 14.8. The predicted molar refractivity (Wildman–Crippen MR) is 85.6 cm³/mol. The lowest BCUT2D eigenvalue weighted by molar-refractivity contribution is -0.101. The van der Waals surface area contributed by atoms with Crippen LogP contribution in [0.5, 0.6) is 11.5 Å². The van der Waals surface area contributed by atoms with Crippen molar-refractivity contribution in [3.05, 3.63) is 59.1 Å². The molecule has 2 N–H and O–H groups in total. The molecule has 0 bridgehead atoms. The molecular weight excluding hydrogens is 302 g/mol. The van der Waals surface area contributed by atoms with E-state index in [1.165, 1.54) is 0 Å². The highest BCUT2D eigenvalue weighted by Crippen LogP contribution is 2.41. The third kappa shape index (κ3) is 2.77. The van der Waals surface area contributed by atoms with E-state index in [9.17, 15) is 5.11 Å². The van der Waals surface area contributed by atoms with Crippen LogP contribution in [-0.2, 0) is 0 Å². The van der Waals surface area contributed by atoms with Crippen LogP contribution in [-0.4, -0.2) is 30.9 Å². The lowest BCUT2D eigenvalue weighted by atomic mass is 9.88. The van der Waals surface area contributed by atoms with E-state index in [-0.39, 0.29) is 6.61 Å². The van der Waals surface area contributed by atoms with Crippen molar-refractivity contribution < 1.29 is 14.6 Å². The summed E-state index contributed by atoms with van der Waals surface area (Å²) in [6.45, 7) is 0.496. The average molecular weight is 320 g/mol. The second kappa shape index (κ2) is 6.16. The Morgan fingerprint density at radius 3 is 2.77 bits per heavy atom. The Labute approximate surface area is 134 Å². The fraction of sp³-hybridized carbons (Fsp3) is 0.294. The number of ether oxygens (including phenoxy) is 2. The number of hydrogen-bond donors (Lipinski definition) is 2. The molecular formula is C17H18ClNO3. The second-order valence-electron chi connectivity index (χ2n) is 5.39. The summed E-state index contributed by atoms with van der Waals surface area (Å²) in [4.78, 5) is 0. The van der Waals surface area contributed by atoms with Gasteiger partial charge in [-0.05, 0) is 25.2 Å². The molecule has 0 aliphatic carbocycles. The molecule has 0 saturated heterocycles. The van der Waals surface area contributed by atoms with Crippen LogP contribution >= 0.6 is 11.6 Å². The van der Waals surface area contributed by atoms with E-state index in [1.54, 1.807) is 19.2 Å². The van der Waals surface area contributed by atoms with Crippen LogP contribution in [0.1, 0.15) is 11.7 Å². The molecule has 22 heavy (non-hydrogen) atoms. The largest absolute Gasteiger partial charge is 0.490 e. The zero-order valence-electron chi connectivity index (χ0n) is 12.3. The minimum Gasteiger partial charge on any atom is -0.490 e. The molecule has 116 valence electrons. The molecule has 2 aromatic carbocycles. The number of para-hydroxylation sites is 2. The van der Waals surface area contributed by atoms with Crippen molar-refractivity contribution in [3.8, 4) is 11.5 Å². The minimum atomic E-state index is -1.18. The van der Waals surface area contributed by atoms with Crippen LogP contribution in [0.3, 0.4) is 0 Å². The van der Waals surface area contributed by atoms with Crippen molar-refractivity contribution in [1.29, 1.82) is 0 Å². The summed E-state index contributed by atoms with van der Waals surface area (Å²) in [5.41, 5.74) is -0.367. The van der Waals surface area contributed by atoms with Crippen LogP contribution < -0.4 is 14.8 Å². The molecule has 4 nitrogen and oxygen atoms in total. The van der Waals surface area contributed by atoms with Gasteiger partial charge in [-0.3, -0.25) is 0 Å². The molecule has 1 aliphatic heterocycles. The maximum atomic E-state index is 11.0. The number of rotatable bonds is 4. The molecule has 0 radical (unpaired) electrons. The fourth-order valence-electron chi connectivity index (χ4n) is 2.69. The Morgan fingerprint density at radius 2 is 2.00 bits per heavy atom. The lowest BCUT2D eigenvalue weighted by Gasteiger charge is -2.40. The van der Waals surface area contributed by atoms with Gasteiger partial charge in [0.05, 0.1) is 5.02 Å². The molecule has 5 heteroatoms. The number of likely N-dealkylation sites (N-methyl/N-ethyl adjacent to an activating group) is 1. The Balaban J connectivity index is 2.01. The highest BCUT2D eigenvalue weighted by atomic mass is 35.5. The topological polar surface area (TPSA) is 50.7 Å². The lowest BCUT2D eigenvalue weighted by Crippen LogP contribution is -2.53. The van der Waals surface area contributed by atoms with E-state index >= 15 is 0 Å². The summed E-state index contributed by atoms with van der Waals surface area (Å²) < 4.78 is 11.8. The Kier molecular flexibility index (Phi) is 4.25. The zero-order chi connectivity index (χ0) is 15.6. The highest BCUT2D eigenvalue weighted by molar-refractivity contribution is 6.32. The first kappa shape index (κ1) is 15.2. The molecule has 1 aliphatic rings. The Hall–Kier alpha value is -1.75. The van der Waals surface area contributed by atoms with E-state index in [1.807, 2.05) is 36.4 Å². The van der Waals surface area contributed by atoms with E-state index in [0.717, 1.165) is 11.3 Å². The minimum absolute atomic E-state index is 0.153. The summed E-state index contributed by atoms with van der Waals surface area (Å²) in [5, 5.41) is 14.5. The van der Waals surface area contributed by atoms with Crippen molar-refractivity contribution in [1.82, 2.24) is 5.32 Å². The summed E-state index contributed by atoms with van der Waals surface area (Å²) in [5.74, 6) is 1.26. The number of halogens is 1. The molecule has 1 heterocycles. The standard InChI is InChI=1S/C17H18ClNO3/c1-19-10-17(20)11-21-14-8-4-2-6-12(14)16(17)22-15-9-5-3-7-13(15)18/h2-9,16,19-20H,10-11H2,1H3/t16-,17-/m0/s1.